The molecule has 0 spiro atoms. The Morgan fingerprint density at radius 2 is 1.77 bits per heavy atom. The van der Waals surface area contributed by atoms with Gasteiger partial charge in [-0.25, -0.2) is 8.42 Å². The maximum absolute atomic E-state index is 13.5. The Bertz CT molecular complexity index is 803. The monoisotopic (exact) mass is 396 g/mol. The molecule has 3 aliphatic rings. The van der Waals surface area contributed by atoms with E-state index in [1.54, 1.807) is 17.0 Å². The summed E-state index contributed by atoms with van der Waals surface area (Å²) in [6, 6.07) is 6.30. The quantitative estimate of drug-likeness (QED) is 0.851. The van der Waals surface area contributed by atoms with Gasteiger partial charge < -0.3 is 10.6 Å². The molecular formula is C19H25ClN2O3S. The van der Waals surface area contributed by atoms with Crippen molar-refractivity contribution in [3.63, 3.8) is 0 Å². The third-order valence-electron chi connectivity index (χ3n) is 6.64. The van der Waals surface area contributed by atoms with Gasteiger partial charge in [0.2, 0.25) is 5.91 Å². The van der Waals surface area contributed by atoms with Gasteiger partial charge in [-0.3, -0.25) is 4.79 Å². The van der Waals surface area contributed by atoms with Crippen LogP contribution in [0, 0.1) is 11.8 Å². The molecule has 3 fully saturated rings. The van der Waals surface area contributed by atoms with Crippen molar-refractivity contribution in [2.24, 2.45) is 17.6 Å². The number of halogens is 1. The number of hydrogen-bond acceptors (Lipinski definition) is 4. The molecule has 1 heterocycles. The number of benzene rings is 1. The predicted molar refractivity (Wildman–Crippen MR) is 101 cm³/mol. The van der Waals surface area contributed by atoms with Crippen LogP contribution in [0.15, 0.2) is 29.2 Å². The van der Waals surface area contributed by atoms with Crippen LogP contribution in [-0.4, -0.2) is 43.1 Å². The SMILES string of the molecule is NC1CCC2CN(C(=O)C3(S(=O)(=O)c4ccc(Cl)cc4)CCCC3)CC12. The zero-order valence-corrected chi connectivity index (χ0v) is 16.3. The molecule has 26 heavy (non-hydrogen) atoms. The number of nitrogens with two attached hydrogens (primary N) is 1. The van der Waals surface area contributed by atoms with Crippen LogP contribution < -0.4 is 5.73 Å². The molecule has 1 aromatic rings. The Labute approximate surface area is 159 Å². The molecule has 1 amide bonds. The van der Waals surface area contributed by atoms with Crippen molar-refractivity contribution in [3.05, 3.63) is 29.3 Å². The lowest BCUT2D eigenvalue weighted by molar-refractivity contribution is -0.133. The minimum Gasteiger partial charge on any atom is -0.341 e. The molecule has 1 aromatic carbocycles. The van der Waals surface area contributed by atoms with Gasteiger partial charge in [0, 0.05) is 24.2 Å². The van der Waals surface area contributed by atoms with Gasteiger partial charge in [0.05, 0.1) is 4.90 Å². The number of rotatable bonds is 3. The second kappa shape index (κ2) is 6.50. The third-order valence-corrected chi connectivity index (χ3v) is 9.40. The summed E-state index contributed by atoms with van der Waals surface area (Å²) in [6.45, 7) is 1.25. The highest BCUT2D eigenvalue weighted by Crippen LogP contribution is 2.45. The van der Waals surface area contributed by atoms with E-state index < -0.39 is 14.6 Å². The summed E-state index contributed by atoms with van der Waals surface area (Å²) in [4.78, 5) is 15.4. The molecule has 1 saturated heterocycles. The smallest absolute Gasteiger partial charge is 0.244 e. The summed E-state index contributed by atoms with van der Waals surface area (Å²) in [7, 11) is -3.77. The van der Waals surface area contributed by atoms with Crippen LogP contribution >= 0.6 is 11.6 Å². The van der Waals surface area contributed by atoms with Gasteiger partial charge in [-0.05, 0) is 61.8 Å². The first-order valence-corrected chi connectivity index (χ1v) is 11.3. The van der Waals surface area contributed by atoms with E-state index in [-0.39, 0.29) is 16.8 Å². The van der Waals surface area contributed by atoms with E-state index in [2.05, 4.69) is 0 Å². The molecule has 7 heteroatoms. The van der Waals surface area contributed by atoms with Gasteiger partial charge in [0.25, 0.3) is 0 Å². The zero-order chi connectivity index (χ0) is 18.5. The van der Waals surface area contributed by atoms with E-state index in [0.29, 0.717) is 42.8 Å². The van der Waals surface area contributed by atoms with Crippen LogP contribution in [0.25, 0.3) is 0 Å². The molecule has 0 radical (unpaired) electrons. The van der Waals surface area contributed by atoms with Crippen molar-refractivity contribution < 1.29 is 13.2 Å². The second-order valence-electron chi connectivity index (χ2n) is 8.03. The Hall–Kier alpha value is -1.11. The van der Waals surface area contributed by atoms with Gasteiger partial charge in [-0.2, -0.15) is 0 Å². The standard InChI is InChI=1S/C19H25ClN2O3S/c20-14-4-6-15(7-5-14)26(24,25)19(9-1-2-10-19)18(23)22-11-13-3-8-17(21)16(13)12-22/h4-7,13,16-17H,1-3,8-12,21H2. The Kier molecular flexibility index (Phi) is 4.56. The lowest BCUT2D eigenvalue weighted by Gasteiger charge is -2.32. The molecule has 0 aromatic heterocycles. The molecule has 1 aliphatic heterocycles. The highest BCUT2D eigenvalue weighted by molar-refractivity contribution is 7.93. The molecule has 142 valence electrons. The molecule has 2 saturated carbocycles. The molecule has 2 aliphatic carbocycles. The van der Waals surface area contributed by atoms with Crippen molar-refractivity contribution in [2.75, 3.05) is 13.1 Å². The van der Waals surface area contributed by atoms with E-state index in [9.17, 15) is 13.2 Å². The van der Waals surface area contributed by atoms with Gasteiger partial charge in [0.15, 0.2) is 14.6 Å². The number of likely N-dealkylation sites (tertiary alicyclic amines) is 1. The summed E-state index contributed by atoms with van der Waals surface area (Å²) in [5.74, 6) is 0.521. The summed E-state index contributed by atoms with van der Waals surface area (Å²) in [5.41, 5.74) is 6.19. The minimum atomic E-state index is -3.77. The van der Waals surface area contributed by atoms with Gasteiger partial charge in [0.1, 0.15) is 0 Å². The number of carbonyl (C=O) groups excluding carboxylic acids is 1. The summed E-state index contributed by atoms with van der Waals surface area (Å²) < 4.78 is 25.6. The summed E-state index contributed by atoms with van der Waals surface area (Å²) in [5, 5.41) is 0.483. The average Bonchev–Trinajstić information content (AvgIpc) is 3.33. The van der Waals surface area contributed by atoms with Crippen LogP contribution in [0.4, 0.5) is 0 Å². The largest absolute Gasteiger partial charge is 0.341 e. The number of amides is 1. The number of carbonyl (C=O) groups is 1. The fourth-order valence-corrected chi connectivity index (χ4v) is 7.40. The fraction of sp³-hybridized carbons (Fsp3) is 0.632. The van der Waals surface area contributed by atoms with E-state index in [1.165, 1.54) is 12.1 Å². The summed E-state index contributed by atoms with van der Waals surface area (Å²) >= 11 is 5.91. The van der Waals surface area contributed by atoms with Crippen molar-refractivity contribution >= 4 is 27.3 Å². The maximum atomic E-state index is 13.5. The van der Waals surface area contributed by atoms with Crippen LogP contribution in [0.2, 0.25) is 5.02 Å². The van der Waals surface area contributed by atoms with Crippen molar-refractivity contribution in [3.8, 4) is 0 Å². The number of sulfone groups is 1. The second-order valence-corrected chi connectivity index (χ2v) is 10.7. The molecule has 3 unspecified atom stereocenters. The molecule has 0 bridgehead atoms. The lowest BCUT2D eigenvalue weighted by Crippen LogP contribution is -2.52. The Morgan fingerprint density at radius 1 is 1.12 bits per heavy atom. The number of nitrogens with zero attached hydrogens (tertiary/aromatic N) is 1. The van der Waals surface area contributed by atoms with Crippen LogP contribution in [-0.2, 0) is 14.6 Å². The summed E-state index contributed by atoms with van der Waals surface area (Å²) in [6.07, 6.45) is 4.36. The molecular weight excluding hydrogens is 372 g/mol. The van der Waals surface area contributed by atoms with E-state index in [1.807, 2.05) is 0 Å². The zero-order valence-electron chi connectivity index (χ0n) is 14.7. The Balaban J connectivity index is 1.66. The normalized spacial score (nSPS) is 30.5. The topological polar surface area (TPSA) is 80.5 Å². The fourth-order valence-electron chi connectivity index (χ4n) is 5.14. The number of fused-ring (bicyclic) bond motifs is 1. The van der Waals surface area contributed by atoms with E-state index in [0.717, 1.165) is 25.7 Å². The molecule has 3 atom stereocenters. The van der Waals surface area contributed by atoms with Gasteiger partial charge in [-0.15, -0.1) is 0 Å². The van der Waals surface area contributed by atoms with Crippen molar-refractivity contribution in [1.82, 2.24) is 4.90 Å². The Morgan fingerprint density at radius 3 is 2.38 bits per heavy atom. The minimum absolute atomic E-state index is 0.130. The highest BCUT2D eigenvalue weighted by atomic mass is 35.5. The van der Waals surface area contributed by atoms with Crippen LogP contribution in [0.3, 0.4) is 0 Å². The molecule has 5 nitrogen and oxygen atoms in total. The van der Waals surface area contributed by atoms with Gasteiger partial charge >= 0.3 is 0 Å². The van der Waals surface area contributed by atoms with Crippen molar-refractivity contribution in [1.29, 1.82) is 0 Å². The van der Waals surface area contributed by atoms with Crippen LogP contribution in [0.5, 0.6) is 0 Å². The highest BCUT2D eigenvalue weighted by Gasteiger charge is 2.56. The third kappa shape index (κ3) is 2.69. The average molecular weight is 397 g/mol. The number of hydrogen-bond donors (Lipinski definition) is 1. The van der Waals surface area contributed by atoms with E-state index >= 15 is 0 Å². The molecule has 2 N–H and O–H groups in total. The van der Waals surface area contributed by atoms with E-state index in [4.69, 9.17) is 17.3 Å². The first kappa shape index (κ1) is 18.3. The first-order chi connectivity index (χ1) is 12.3. The molecule has 4 rings (SSSR count). The predicted octanol–water partition coefficient (Wildman–Crippen LogP) is 2.62. The maximum Gasteiger partial charge on any atom is 0.244 e. The van der Waals surface area contributed by atoms with Crippen LogP contribution in [0.1, 0.15) is 38.5 Å². The van der Waals surface area contributed by atoms with Gasteiger partial charge in [-0.1, -0.05) is 24.4 Å². The lowest BCUT2D eigenvalue weighted by atomic mass is 9.98. The first-order valence-electron chi connectivity index (χ1n) is 9.40. The van der Waals surface area contributed by atoms with Crippen molar-refractivity contribution in [2.45, 2.75) is 54.2 Å².